The van der Waals surface area contributed by atoms with Crippen LogP contribution in [0.15, 0.2) is 21.5 Å². The van der Waals surface area contributed by atoms with E-state index in [0.717, 1.165) is 6.42 Å². The average Bonchev–Trinajstić information content (AvgIpc) is 2.21. The van der Waals surface area contributed by atoms with Crippen molar-refractivity contribution in [1.82, 2.24) is 10.3 Å². The third-order valence-corrected chi connectivity index (χ3v) is 2.59. The predicted molar refractivity (Wildman–Crippen MR) is 72.6 cm³/mol. The molecule has 1 amide bonds. The Balaban J connectivity index is 0.00000256. The minimum Gasteiger partial charge on any atom is -0.352 e. The number of carbonyl (C=O) groups excluding carboxylic acids is 1. The quantitative estimate of drug-likeness (QED) is 0.773. The highest BCUT2D eigenvalue weighted by Crippen LogP contribution is 2.04. The lowest BCUT2D eigenvalue weighted by molar-refractivity contribution is 0.0952. The highest BCUT2D eigenvalue weighted by atomic mass is 79.9. The highest BCUT2D eigenvalue weighted by molar-refractivity contribution is 9.10. The number of H-pyrrole nitrogens is 1. The van der Waals surface area contributed by atoms with Crippen LogP contribution in [0.1, 0.15) is 23.7 Å². The van der Waals surface area contributed by atoms with Gasteiger partial charge in [-0.05, 0) is 35.3 Å². The molecular formula is C10H15BrClN3O2. The minimum atomic E-state index is -0.257. The van der Waals surface area contributed by atoms with E-state index >= 15 is 0 Å². The van der Waals surface area contributed by atoms with Crippen molar-refractivity contribution in [3.63, 3.8) is 0 Å². The molecule has 0 fully saturated rings. The molecule has 0 aliphatic carbocycles. The van der Waals surface area contributed by atoms with Gasteiger partial charge in [-0.2, -0.15) is 0 Å². The van der Waals surface area contributed by atoms with E-state index in [2.05, 4.69) is 26.2 Å². The van der Waals surface area contributed by atoms with E-state index in [1.165, 1.54) is 12.3 Å². The van der Waals surface area contributed by atoms with E-state index in [-0.39, 0.29) is 29.9 Å². The van der Waals surface area contributed by atoms with E-state index in [4.69, 9.17) is 5.73 Å². The topological polar surface area (TPSA) is 88.0 Å². The van der Waals surface area contributed by atoms with E-state index in [1.54, 1.807) is 0 Å². The Labute approximate surface area is 114 Å². The second kappa shape index (κ2) is 7.47. The first kappa shape index (κ1) is 16.1. The van der Waals surface area contributed by atoms with Crippen LogP contribution in [-0.2, 0) is 0 Å². The first-order valence-corrected chi connectivity index (χ1v) is 5.72. The number of halogens is 2. The Morgan fingerprint density at radius 1 is 1.65 bits per heavy atom. The van der Waals surface area contributed by atoms with Gasteiger partial charge in [0.1, 0.15) is 0 Å². The Bertz CT molecular complexity index is 434. The third kappa shape index (κ3) is 5.34. The second-order valence-corrected chi connectivity index (χ2v) is 4.44. The highest BCUT2D eigenvalue weighted by Gasteiger charge is 2.07. The fourth-order valence-corrected chi connectivity index (χ4v) is 1.46. The largest absolute Gasteiger partial charge is 0.352 e. The molecular weight excluding hydrogens is 309 g/mol. The normalized spacial score (nSPS) is 11.5. The summed E-state index contributed by atoms with van der Waals surface area (Å²) < 4.78 is 0.340. The van der Waals surface area contributed by atoms with Gasteiger partial charge in [-0.1, -0.05) is 0 Å². The summed E-state index contributed by atoms with van der Waals surface area (Å²) in [5.74, 6) is -0.224. The van der Waals surface area contributed by atoms with E-state index in [1.807, 2.05) is 6.92 Å². The van der Waals surface area contributed by atoms with Crippen LogP contribution in [0.3, 0.4) is 0 Å². The number of aromatic nitrogens is 1. The van der Waals surface area contributed by atoms with Crippen molar-refractivity contribution in [1.29, 1.82) is 0 Å². The molecule has 0 radical (unpaired) electrons. The number of amides is 1. The summed E-state index contributed by atoms with van der Waals surface area (Å²) in [7, 11) is 0. The molecule has 17 heavy (non-hydrogen) atoms. The molecule has 0 aromatic carbocycles. The maximum Gasteiger partial charge on any atom is 0.262 e. The number of carbonyl (C=O) groups is 1. The fraction of sp³-hybridized carbons (Fsp3) is 0.400. The summed E-state index contributed by atoms with van der Waals surface area (Å²) in [5, 5.41) is 2.72. The summed E-state index contributed by atoms with van der Waals surface area (Å²) in [6.07, 6.45) is 2.10. The molecule has 1 heterocycles. The molecule has 0 aliphatic heterocycles. The molecule has 1 rings (SSSR count). The first-order valence-electron chi connectivity index (χ1n) is 4.92. The Morgan fingerprint density at radius 3 is 2.82 bits per heavy atom. The molecule has 96 valence electrons. The number of nitrogens with one attached hydrogen (secondary N) is 2. The maximum absolute atomic E-state index is 11.6. The Hall–Kier alpha value is -0.850. The van der Waals surface area contributed by atoms with Crippen molar-refractivity contribution in [2.45, 2.75) is 19.4 Å². The molecule has 4 N–H and O–H groups in total. The zero-order chi connectivity index (χ0) is 12.1. The average molecular weight is 325 g/mol. The molecule has 1 unspecified atom stereocenters. The minimum absolute atomic E-state index is 0. The van der Waals surface area contributed by atoms with E-state index in [9.17, 15) is 9.59 Å². The van der Waals surface area contributed by atoms with E-state index in [0.29, 0.717) is 16.6 Å². The third-order valence-electron chi connectivity index (χ3n) is 2.01. The lowest BCUT2D eigenvalue weighted by Crippen LogP contribution is -2.29. The Morgan fingerprint density at radius 2 is 2.29 bits per heavy atom. The van der Waals surface area contributed by atoms with Crippen molar-refractivity contribution in [3.8, 4) is 0 Å². The molecule has 5 nitrogen and oxygen atoms in total. The standard InChI is InChI=1S/C10H14BrN3O2.ClH/c1-6(12)2-3-13-9(15)7-4-8(11)10(16)14-5-7;/h4-6H,2-3,12H2,1H3,(H,13,15)(H,14,16);1H. The fourth-order valence-electron chi connectivity index (χ4n) is 1.10. The van der Waals surface area contributed by atoms with Gasteiger partial charge in [0.05, 0.1) is 10.0 Å². The van der Waals surface area contributed by atoms with Gasteiger partial charge in [0.2, 0.25) is 0 Å². The van der Waals surface area contributed by atoms with Crippen LogP contribution >= 0.6 is 28.3 Å². The molecule has 0 saturated heterocycles. The van der Waals surface area contributed by atoms with Gasteiger partial charge in [-0.25, -0.2) is 0 Å². The second-order valence-electron chi connectivity index (χ2n) is 3.59. The van der Waals surface area contributed by atoms with Gasteiger partial charge in [-0.3, -0.25) is 9.59 Å². The van der Waals surface area contributed by atoms with Crippen molar-refractivity contribution in [2.24, 2.45) is 5.73 Å². The molecule has 0 aliphatic rings. The van der Waals surface area contributed by atoms with E-state index < -0.39 is 0 Å². The maximum atomic E-state index is 11.6. The monoisotopic (exact) mass is 323 g/mol. The van der Waals surface area contributed by atoms with Crippen molar-refractivity contribution in [3.05, 3.63) is 32.7 Å². The van der Waals surface area contributed by atoms with Crippen molar-refractivity contribution < 1.29 is 4.79 Å². The number of hydrogen-bond donors (Lipinski definition) is 3. The molecule has 0 bridgehead atoms. The van der Waals surface area contributed by atoms with Crippen LogP contribution in [0, 0.1) is 0 Å². The summed E-state index contributed by atoms with van der Waals surface area (Å²) in [4.78, 5) is 25.1. The van der Waals surface area contributed by atoms with Crippen molar-refractivity contribution >= 4 is 34.2 Å². The lowest BCUT2D eigenvalue weighted by atomic mass is 10.2. The number of pyridine rings is 1. The summed E-state index contributed by atoms with van der Waals surface area (Å²) in [6.45, 7) is 2.40. The van der Waals surface area contributed by atoms with Gasteiger partial charge in [-0.15, -0.1) is 12.4 Å². The lowest BCUT2D eigenvalue weighted by Gasteiger charge is -2.07. The van der Waals surface area contributed by atoms with Crippen LogP contribution in [0.25, 0.3) is 0 Å². The molecule has 1 aromatic heterocycles. The molecule has 7 heteroatoms. The predicted octanol–water partition coefficient (Wildman–Crippen LogP) is 1.03. The molecule has 0 saturated carbocycles. The molecule has 1 aromatic rings. The molecule has 0 spiro atoms. The van der Waals surface area contributed by atoms with Gasteiger partial charge in [0.15, 0.2) is 0 Å². The van der Waals surface area contributed by atoms with Crippen LogP contribution in [0.2, 0.25) is 0 Å². The van der Waals surface area contributed by atoms with Crippen LogP contribution < -0.4 is 16.6 Å². The summed E-state index contributed by atoms with van der Waals surface area (Å²) in [5.41, 5.74) is 5.71. The number of nitrogens with two attached hydrogens (primary N) is 1. The van der Waals surface area contributed by atoms with Crippen LogP contribution in [0.4, 0.5) is 0 Å². The van der Waals surface area contributed by atoms with Gasteiger partial charge < -0.3 is 16.0 Å². The van der Waals surface area contributed by atoms with Crippen LogP contribution in [0.5, 0.6) is 0 Å². The molecule has 1 atom stereocenters. The summed E-state index contributed by atoms with van der Waals surface area (Å²) in [6, 6.07) is 1.54. The summed E-state index contributed by atoms with van der Waals surface area (Å²) >= 11 is 3.06. The Kier molecular flexibility index (Phi) is 7.10. The SMILES string of the molecule is CC(N)CCNC(=O)c1c[nH]c(=O)c(Br)c1.Cl. The smallest absolute Gasteiger partial charge is 0.262 e. The number of rotatable bonds is 4. The number of hydrogen-bond acceptors (Lipinski definition) is 3. The van der Waals surface area contributed by atoms with Crippen molar-refractivity contribution in [2.75, 3.05) is 6.54 Å². The first-order chi connectivity index (χ1) is 7.50. The van der Waals surface area contributed by atoms with Crippen LogP contribution in [-0.4, -0.2) is 23.5 Å². The zero-order valence-corrected chi connectivity index (χ0v) is 11.7. The van der Waals surface area contributed by atoms with Gasteiger partial charge in [0, 0.05) is 18.8 Å². The zero-order valence-electron chi connectivity index (χ0n) is 9.33. The van der Waals surface area contributed by atoms with Gasteiger partial charge in [0.25, 0.3) is 11.5 Å². The number of aromatic amines is 1. The van der Waals surface area contributed by atoms with Gasteiger partial charge >= 0.3 is 0 Å².